The van der Waals surface area contributed by atoms with Crippen molar-refractivity contribution in [3.05, 3.63) is 30.1 Å². The molecule has 0 bridgehead atoms. The van der Waals surface area contributed by atoms with E-state index in [2.05, 4.69) is 17.6 Å². The molecule has 2 nitrogen and oxygen atoms in total. The molecule has 0 aliphatic rings. The van der Waals surface area contributed by atoms with E-state index in [4.69, 9.17) is 0 Å². The normalized spacial score (nSPS) is 12.5. The first kappa shape index (κ1) is 9.99. The Balaban J connectivity index is 2.41. The predicted molar refractivity (Wildman–Crippen MR) is 53.4 cm³/mol. The second kappa shape index (κ2) is 4.82. The third kappa shape index (κ3) is 3.42. The van der Waals surface area contributed by atoms with Gasteiger partial charge in [-0.05, 0) is 38.2 Å². The van der Waals surface area contributed by atoms with E-state index in [-0.39, 0.29) is 5.82 Å². The van der Waals surface area contributed by atoms with Gasteiger partial charge in [0.05, 0.1) is 0 Å². The van der Waals surface area contributed by atoms with Crippen LogP contribution in [0.3, 0.4) is 0 Å². The molecule has 0 aliphatic carbocycles. The first-order valence-electron chi connectivity index (χ1n) is 4.39. The Morgan fingerprint density at radius 3 is 2.46 bits per heavy atom. The molecule has 0 heterocycles. The van der Waals surface area contributed by atoms with E-state index >= 15 is 0 Å². The van der Waals surface area contributed by atoms with Crippen LogP contribution in [-0.2, 0) is 0 Å². The fourth-order valence-corrected chi connectivity index (χ4v) is 0.941. The largest absolute Gasteiger partial charge is 0.383 e. The molecule has 2 N–H and O–H groups in total. The van der Waals surface area contributed by atoms with E-state index in [9.17, 15) is 4.39 Å². The van der Waals surface area contributed by atoms with Crippen LogP contribution in [0.4, 0.5) is 10.1 Å². The Hall–Kier alpha value is -1.09. The number of hydrogen-bond donors (Lipinski definition) is 2. The van der Waals surface area contributed by atoms with Crippen LogP contribution in [0.2, 0.25) is 0 Å². The molecule has 1 aromatic carbocycles. The number of hydrogen-bond acceptors (Lipinski definition) is 2. The Morgan fingerprint density at radius 1 is 1.31 bits per heavy atom. The van der Waals surface area contributed by atoms with E-state index in [1.165, 1.54) is 12.1 Å². The molecule has 0 amide bonds. The van der Waals surface area contributed by atoms with Gasteiger partial charge < -0.3 is 10.6 Å². The molecular formula is C10H15FN2. The fraction of sp³-hybridized carbons (Fsp3) is 0.400. The smallest absolute Gasteiger partial charge is 0.123 e. The van der Waals surface area contributed by atoms with Crippen molar-refractivity contribution in [3.63, 3.8) is 0 Å². The number of anilines is 1. The van der Waals surface area contributed by atoms with E-state index in [0.717, 1.165) is 12.2 Å². The summed E-state index contributed by atoms with van der Waals surface area (Å²) < 4.78 is 12.5. The minimum Gasteiger partial charge on any atom is -0.383 e. The van der Waals surface area contributed by atoms with E-state index < -0.39 is 0 Å². The van der Waals surface area contributed by atoms with Crippen LogP contribution in [0.15, 0.2) is 24.3 Å². The van der Waals surface area contributed by atoms with Crippen LogP contribution in [0.25, 0.3) is 0 Å². The molecule has 0 aliphatic heterocycles. The van der Waals surface area contributed by atoms with Crippen LogP contribution >= 0.6 is 0 Å². The maximum Gasteiger partial charge on any atom is 0.123 e. The summed E-state index contributed by atoms with van der Waals surface area (Å²) in [6, 6.07) is 6.78. The van der Waals surface area contributed by atoms with Gasteiger partial charge in [0.2, 0.25) is 0 Å². The SMILES string of the molecule is CNC(C)CNc1ccc(F)cc1. The van der Waals surface area contributed by atoms with Crippen LogP contribution < -0.4 is 10.6 Å². The maximum atomic E-state index is 12.5. The van der Waals surface area contributed by atoms with Crippen molar-refractivity contribution >= 4 is 5.69 Å². The van der Waals surface area contributed by atoms with Gasteiger partial charge >= 0.3 is 0 Å². The Bertz CT molecular complexity index is 246. The zero-order valence-electron chi connectivity index (χ0n) is 7.97. The number of likely N-dealkylation sites (N-methyl/N-ethyl adjacent to an activating group) is 1. The Morgan fingerprint density at radius 2 is 1.92 bits per heavy atom. The lowest BCUT2D eigenvalue weighted by Crippen LogP contribution is -2.29. The van der Waals surface area contributed by atoms with Gasteiger partial charge in [-0.15, -0.1) is 0 Å². The molecule has 1 rings (SSSR count). The highest BCUT2D eigenvalue weighted by molar-refractivity contribution is 5.42. The number of rotatable bonds is 4. The summed E-state index contributed by atoms with van der Waals surface area (Å²) >= 11 is 0. The molecule has 0 spiro atoms. The standard InChI is InChI=1S/C10H15FN2/c1-8(12-2)7-13-10-5-3-9(11)4-6-10/h3-6,8,12-13H,7H2,1-2H3. The second-order valence-corrected chi connectivity index (χ2v) is 3.08. The lowest BCUT2D eigenvalue weighted by atomic mass is 10.3. The third-order valence-electron chi connectivity index (χ3n) is 1.95. The molecule has 1 unspecified atom stereocenters. The molecule has 0 aromatic heterocycles. The predicted octanol–water partition coefficient (Wildman–Crippen LogP) is 1.85. The summed E-state index contributed by atoms with van der Waals surface area (Å²) in [5, 5.41) is 6.30. The van der Waals surface area contributed by atoms with Gasteiger partial charge in [0, 0.05) is 18.3 Å². The Labute approximate surface area is 78.2 Å². The van der Waals surface area contributed by atoms with Crippen LogP contribution in [-0.4, -0.2) is 19.6 Å². The number of nitrogens with one attached hydrogen (secondary N) is 2. The molecule has 72 valence electrons. The molecule has 1 atom stereocenters. The van der Waals surface area contributed by atoms with Gasteiger partial charge in [0.15, 0.2) is 0 Å². The zero-order valence-corrected chi connectivity index (χ0v) is 7.97. The number of benzene rings is 1. The topological polar surface area (TPSA) is 24.1 Å². The van der Waals surface area contributed by atoms with Crippen molar-refractivity contribution in [1.82, 2.24) is 5.32 Å². The quantitative estimate of drug-likeness (QED) is 0.742. The van der Waals surface area contributed by atoms with Crippen LogP contribution in [0.5, 0.6) is 0 Å². The lowest BCUT2D eigenvalue weighted by molar-refractivity contribution is 0.626. The van der Waals surface area contributed by atoms with Gasteiger partial charge in [-0.1, -0.05) is 0 Å². The summed E-state index contributed by atoms with van der Waals surface area (Å²) in [6.07, 6.45) is 0. The fourth-order valence-electron chi connectivity index (χ4n) is 0.941. The summed E-state index contributed by atoms with van der Waals surface area (Å²) in [6.45, 7) is 2.92. The summed E-state index contributed by atoms with van der Waals surface area (Å²) in [4.78, 5) is 0. The molecule has 3 heteroatoms. The Kier molecular flexibility index (Phi) is 3.71. The molecule has 0 saturated carbocycles. The molecule has 0 fully saturated rings. The lowest BCUT2D eigenvalue weighted by Gasteiger charge is -2.12. The van der Waals surface area contributed by atoms with Crippen LogP contribution in [0, 0.1) is 5.82 Å². The van der Waals surface area contributed by atoms with Crippen molar-refractivity contribution in [2.75, 3.05) is 18.9 Å². The van der Waals surface area contributed by atoms with Gasteiger partial charge in [-0.25, -0.2) is 4.39 Å². The van der Waals surface area contributed by atoms with Crippen molar-refractivity contribution in [3.8, 4) is 0 Å². The average molecular weight is 182 g/mol. The minimum absolute atomic E-state index is 0.202. The van der Waals surface area contributed by atoms with Gasteiger partial charge in [0.25, 0.3) is 0 Å². The average Bonchev–Trinajstić information content (AvgIpc) is 2.16. The summed E-state index contributed by atoms with van der Waals surface area (Å²) in [7, 11) is 1.91. The van der Waals surface area contributed by atoms with E-state index in [1.54, 1.807) is 12.1 Å². The first-order chi connectivity index (χ1) is 6.22. The highest BCUT2D eigenvalue weighted by atomic mass is 19.1. The first-order valence-corrected chi connectivity index (χ1v) is 4.39. The molecule has 13 heavy (non-hydrogen) atoms. The van der Waals surface area contributed by atoms with E-state index in [1.807, 2.05) is 7.05 Å². The van der Waals surface area contributed by atoms with Crippen molar-refractivity contribution in [1.29, 1.82) is 0 Å². The monoisotopic (exact) mass is 182 g/mol. The number of halogens is 1. The van der Waals surface area contributed by atoms with Gasteiger partial charge in [-0.2, -0.15) is 0 Å². The summed E-state index contributed by atoms with van der Waals surface area (Å²) in [5.41, 5.74) is 0.948. The van der Waals surface area contributed by atoms with E-state index in [0.29, 0.717) is 6.04 Å². The summed E-state index contributed by atoms with van der Waals surface area (Å²) in [5.74, 6) is -0.202. The van der Waals surface area contributed by atoms with Crippen LogP contribution in [0.1, 0.15) is 6.92 Å². The van der Waals surface area contributed by atoms with Gasteiger partial charge in [-0.3, -0.25) is 0 Å². The third-order valence-corrected chi connectivity index (χ3v) is 1.95. The van der Waals surface area contributed by atoms with Crippen molar-refractivity contribution in [2.45, 2.75) is 13.0 Å². The van der Waals surface area contributed by atoms with Crippen molar-refractivity contribution < 1.29 is 4.39 Å². The molecule has 1 aromatic rings. The maximum absolute atomic E-state index is 12.5. The molecule has 0 radical (unpaired) electrons. The zero-order chi connectivity index (χ0) is 9.68. The van der Waals surface area contributed by atoms with Gasteiger partial charge in [0.1, 0.15) is 5.82 Å². The minimum atomic E-state index is -0.202. The van der Waals surface area contributed by atoms with Crippen molar-refractivity contribution in [2.24, 2.45) is 0 Å². The second-order valence-electron chi connectivity index (χ2n) is 3.08. The molecular weight excluding hydrogens is 167 g/mol. The highest BCUT2D eigenvalue weighted by Gasteiger charge is 1.97. The highest BCUT2D eigenvalue weighted by Crippen LogP contribution is 2.07. The molecule has 0 saturated heterocycles.